The van der Waals surface area contributed by atoms with Crippen molar-refractivity contribution >= 4 is 33.7 Å². The summed E-state index contributed by atoms with van der Waals surface area (Å²) in [5.74, 6) is 0.305. The number of hydrogen-bond acceptors (Lipinski definition) is 5. The normalized spacial score (nSPS) is 11.3. The predicted molar refractivity (Wildman–Crippen MR) is 126 cm³/mol. The van der Waals surface area contributed by atoms with Crippen LogP contribution in [0.15, 0.2) is 94.0 Å². The van der Waals surface area contributed by atoms with Crippen molar-refractivity contribution in [2.75, 3.05) is 5.32 Å². The van der Waals surface area contributed by atoms with Crippen LogP contribution in [0.4, 0.5) is 6.01 Å². The van der Waals surface area contributed by atoms with Gasteiger partial charge in [-0.05, 0) is 53.6 Å². The number of anilines is 1. The van der Waals surface area contributed by atoms with E-state index in [9.17, 15) is 4.79 Å². The molecule has 0 radical (unpaired) electrons. The summed E-state index contributed by atoms with van der Waals surface area (Å²) in [6, 6.07) is 25.6. The molecular formula is C26H18N4O3. The van der Waals surface area contributed by atoms with E-state index in [0.717, 1.165) is 16.6 Å². The molecule has 0 atom stereocenters. The number of nitrogens with zero attached hydrogens (tertiary/aromatic N) is 3. The number of amides is 1. The fourth-order valence-corrected chi connectivity index (χ4v) is 4.13. The molecule has 0 bridgehead atoms. The lowest BCUT2D eigenvalue weighted by molar-refractivity contribution is 0.102. The number of carbonyl (C=O) groups is 1. The first-order valence-electron chi connectivity index (χ1n) is 10.4. The van der Waals surface area contributed by atoms with Crippen LogP contribution in [0.1, 0.15) is 10.4 Å². The van der Waals surface area contributed by atoms with Crippen molar-refractivity contribution in [3.63, 3.8) is 0 Å². The average Bonchev–Trinajstić information content (AvgIpc) is 3.60. The number of para-hydroxylation sites is 1. The summed E-state index contributed by atoms with van der Waals surface area (Å²) in [4.78, 5) is 12.8. The number of fused-ring (bicyclic) bond motifs is 3. The Hall–Kier alpha value is -4.65. The van der Waals surface area contributed by atoms with Gasteiger partial charge >= 0.3 is 6.01 Å². The summed E-state index contributed by atoms with van der Waals surface area (Å²) in [6.07, 6.45) is 1.51. The first-order valence-corrected chi connectivity index (χ1v) is 10.4. The molecule has 0 saturated heterocycles. The van der Waals surface area contributed by atoms with Crippen LogP contribution in [0.2, 0.25) is 0 Å². The van der Waals surface area contributed by atoms with E-state index in [-0.39, 0.29) is 17.8 Å². The molecule has 3 aromatic carbocycles. The average molecular weight is 434 g/mol. The molecule has 3 heterocycles. The smallest absolute Gasteiger partial charge is 0.322 e. The van der Waals surface area contributed by atoms with Crippen LogP contribution in [-0.2, 0) is 7.05 Å². The number of aromatic nitrogens is 3. The van der Waals surface area contributed by atoms with Gasteiger partial charge in [-0.1, -0.05) is 41.5 Å². The van der Waals surface area contributed by atoms with E-state index in [1.54, 1.807) is 18.2 Å². The van der Waals surface area contributed by atoms with E-state index in [4.69, 9.17) is 8.83 Å². The van der Waals surface area contributed by atoms with Crippen LogP contribution in [-0.4, -0.2) is 20.7 Å². The molecule has 0 aliphatic heterocycles. The molecule has 33 heavy (non-hydrogen) atoms. The van der Waals surface area contributed by atoms with Crippen molar-refractivity contribution in [1.29, 1.82) is 0 Å². The Kier molecular flexibility index (Phi) is 4.33. The van der Waals surface area contributed by atoms with Crippen molar-refractivity contribution < 1.29 is 13.6 Å². The number of aryl methyl sites for hydroxylation is 1. The van der Waals surface area contributed by atoms with Gasteiger partial charge in [-0.2, -0.15) is 0 Å². The van der Waals surface area contributed by atoms with Gasteiger partial charge in [-0.25, -0.2) is 0 Å². The Morgan fingerprint density at radius 2 is 1.70 bits per heavy atom. The van der Waals surface area contributed by atoms with Crippen molar-refractivity contribution in [2.24, 2.45) is 7.05 Å². The highest BCUT2D eigenvalue weighted by Crippen LogP contribution is 2.32. The molecule has 1 amide bonds. The highest BCUT2D eigenvalue weighted by Gasteiger charge is 2.15. The second-order valence-corrected chi connectivity index (χ2v) is 7.73. The highest BCUT2D eigenvalue weighted by atomic mass is 16.4. The van der Waals surface area contributed by atoms with E-state index < -0.39 is 0 Å². The molecule has 1 N–H and O–H groups in total. The molecule has 0 aliphatic rings. The van der Waals surface area contributed by atoms with Crippen LogP contribution in [0.5, 0.6) is 0 Å². The Balaban J connectivity index is 1.31. The Labute approximate surface area is 188 Å². The fraction of sp³-hybridized carbons (Fsp3) is 0.0385. The van der Waals surface area contributed by atoms with Crippen LogP contribution in [0.25, 0.3) is 44.6 Å². The van der Waals surface area contributed by atoms with E-state index in [2.05, 4.69) is 57.5 Å². The number of nitrogens with one attached hydrogen (secondary N) is 1. The highest BCUT2D eigenvalue weighted by molar-refractivity contribution is 6.09. The quantitative estimate of drug-likeness (QED) is 0.374. The number of hydrogen-bond donors (Lipinski definition) is 1. The minimum Gasteiger partial charge on any atom is -0.459 e. The van der Waals surface area contributed by atoms with E-state index in [1.165, 1.54) is 22.6 Å². The maximum absolute atomic E-state index is 12.8. The summed E-state index contributed by atoms with van der Waals surface area (Å²) >= 11 is 0. The van der Waals surface area contributed by atoms with Crippen molar-refractivity contribution in [3.05, 3.63) is 90.7 Å². The van der Waals surface area contributed by atoms with Crippen molar-refractivity contribution in [3.8, 4) is 22.8 Å². The van der Waals surface area contributed by atoms with Gasteiger partial charge in [-0.15, -0.1) is 5.10 Å². The molecule has 7 heteroatoms. The lowest BCUT2D eigenvalue weighted by atomic mass is 10.0. The Bertz CT molecular complexity index is 1630. The van der Waals surface area contributed by atoms with E-state index in [1.807, 2.05) is 30.3 Å². The summed E-state index contributed by atoms with van der Waals surface area (Å²) < 4.78 is 12.9. The first kappa shape index (κ1) is 19.1. The zero-order valence-corrected chi connectivity index (χ0v) is 17.6. The maximum atomic E-state index is 12.8. The van der Waals surface area contributed by atoms with Gasteiger partial charge in [0.25, 0.3) is 11.8 Å². The van der Waals surface area contributed by atoms with Gasteiger partial charge in [0, 0.05) is 34.4 Å². The molecular weight excluding hydrogens is 416 g/mol. The molecule has 160 valence electrons. The van der Waals surface area contributed by atoms with Crippen molar-refractivity contribution in [1.82, 2.24) is 14.8 Å². The van der Waals surface area contributed by atoms with Gasteiger partial charge in [0.15, 0.2) is 5.76 Å². The topological polar surface area (TPSA) is 86.1 Å². The van der Waals surface area contributed by atoms with Crippen LogP contribution < -0.4 is 5.32 Å². The fourth-order valence-electron chi connectivity index (χ4n) is 4.13. The second-order valence-electron chi connectivity index (χ2n) is 7.73. The van der Waals surface area contributed by atoms with Crippen LogP contribution in [0, 0.1) is 0 Å². The number of carbonyl (C=O) groups excluding carboxylic acids is 1. The molecule has 3 aromatic heterocycles. The number of rotatable bonds is 4. The SMILES string of the molecule is Cn1c2ccccc2c2cc(-c3cccc(C(=O)Nc4nnc(-c5ccco5)o4)c3)ccc21. The van der Waals surface area contributed by atoms with Gasteiger partial charge in [0.1, 0.15) is 0 Å². The lowest BCUT2D eigenvalue weighted by Crippen LogP contribution is -2.12. The molecule has 0 fully saturated rings. The zero-order valence-electron chi connectivity index (χ0n) is 17.6. The third-order valence-corrected chi connectivity index (χ3v) is 5.75. The summed E-state index contributed by atoms with van der Waals surface area (Å²) in [5.41, 5.74) is 4.82. The van der Waals surface area contributed by atoms with Crippen LogP contribution in [0.3, 0.4) is 0 Å². The molecule has 0 spiro atoms. The van der Waals surface area contributed by atoms with E-state index >= 15 is 0 Å². The molecule has 0 saturated carbocycles. The molecule has 7 nitrogen and oxygen atoms in total. The van der Waals surface area contributed by atoms with Gasteiger partial charge < -0.3 is 13.4 Å². The second kappa shape index (κ2) is 7.49. The lowest BCUT2D eigenvalue weighted by Gasteiger charge is -2.06. The summed E-state index contributed by atoms with van der Waals surface area (Å²) in [7, 11) is 2.07. The van der Waals surface area contributed by atoms with Gasteiger partial charge in [0.2, 0.25) is 0 Å². The molecule has 6 aromatic rings. The molecule has 0 aliphatic carbocycles. The van der Waals surface area contributed by atoms with Crippen molar-refractivity contribution in [2.45, 2.75) is 0 Å². The standard InChI is InChI=1S/C26H18N4O3/c1-30-21-9-3-2-8-19(21)20-15-17(11-12-22(20)30)16-6-4-7-18(14-16)24(31)27-26-29-28-25(33-26)23-10-5-13-32-23/h2-15H,1H3,(H,27,29,31). The molecule has 6 rings (SSSR count). The Morgan fingerprint density at radius 1 is 0.848 bits per heavy atom. The minimum absolute atomic E-state index is 0.00831. The van der Waals surface area contributed by atoms with Gasteiger partial charge in [0.05, 0.1) is 6.26 Å². The third kappa shape index (κ3) is 3.27. The third-order valence-electron chi connectivity index (χ3n) is 5.75. The van der Waals surface area contributed by atoms with Gasteiger partial charge in [-0.3, -0.25) is 10.1 Å². The van der Waals surface area contributed by atoms with Crippen LogP contribution >= 0.6 is 0 Å². The minimum atomic E-state index is -0.335. The number of furan rings is 1. The largest absolute Gasteiger partial charge is 0.459 e. The zero-order chi connectivity index (χ0) is 22.4. The predicted octanol–water partition coefficient (Wildman–Crippen LogP) is 5.89. The summed E-state index contributed by atoms with van der Waals surface area (Å²) in [5, 5.41) is 12.8. The first-order chi connectivity index (χ1) is 16.2. The molecule has 0 unspecified atom stereocenters. The Morgan fingerprint density at radius 3 is 2.58 bits per heavy atom. The maximum Gasteiger partial charge on any atom is 0.322 e. The van der Waals surface area contributed by atoms with E-state index in [0.29, 0.717) is 11.3 Å². The monoisotopic (exact) mass is 434 g/mol. The number of benzene rings is 3. The summed E-state index contributed by atoms with van der Waals surface area (Å²) in [6.45, 7) is 0.